The highest BCUT2D eigenvalue weighted by Gasteiger charge is 2.11. The fourth-order valence-corrected chi connectivity index (χ4v) is 2.62. The van der Waals surface area contributed by atoms with Gasteiger partial charge in [-0.3, -0.25) is 0 Å². The molecule has 0 radical (unpaired) electrons. The second kappa shape index (κ2) is 9.72. The molecule has 0 aliphatic carbocycles. The second-order valence-corrected chi connectivity index (χ2v) is 5.52. The van der Waals surface area contributed by atoms with Gasteiger partial charge in [-0.2, -0.15) is 0 Å². The van der Waals surface area contributed by atoms with Gasteiger partial charge in [0.05, 0.1) is 11.6 Å². The van der Waals surface area contributed by atoms with Crippen LogP contribution in [0.5, 0.6) is 11.5 Å². The van der Waals surface area contributed by atoms with Crippen molar-refractivity contribution in [3.8, 4) is 11.5 Å². The summed E-state index contributed by atoms with van der Waals surface area (Å²) in [6.07, 6.45) is 0. The van der Waals surface area contributed by atoms with E-state index in [2.05, 4.69) is 34.2 Å². The van der Waals surface area contributed by atoms with E-state index < -0.39 is 0 Å². The smallest absolute Gasteiger partial charge is 0.175 e. The van der Waals surface area contributed by atoms with Gasteiger partial charge in [-0.1, -0.05) is 37.3 Å². The number of ether oxygens (including phenoxy) is 2. The van der Waals surface area contributed by atoms with E-state index >= 15 is 0 Å². The molecule has 0 atom stereocenters. The van der Waals surface area contributed by atoms with Gasteiger partial charge in [-0.15, -0.1) is 12.4 Å². The van der Waals surface area contributed by atoms with Gasteiger partial charge in [0.15, 0.2) is 11.5 Å². The number of rotatable bonds is 7. The van der Waals surface area contributed by atoms with E-state index in [9.17, 15) is 0 Å². The number of benzene rings is 2. The van der Waals surface area contributed by atoms with Crippen molar-refractivity contribution in [2.75, 3.05) is 13.7 Å². The minimum absolute atomic E-state index is 0. The Kier molecular flexibility index (Phi) is 8.31. The summed E-state index contributed by atoms with van der Waals surface area (Å²) < 4.78 is 12.3. The van der Waals surface area contributed by atoms with Gasteiger partial charge in [-0.25, -0.2) is 0 Å². The molecule has 1 N–H and O–H groups in total. The molecule has 0 aliphatic rings. The molecule has 0 heterocycles. The first-order valence-corrected chi connectivity index (χ1v) is 7.77. The Morgan fingerprint density at radius 3 is 2.45 bits per heavy atom. The third-order valence-corrected chi connectivity index (χ3v) is 3.68. The van der Waals surface area contributed by atoms with Crippen LogP contribution in [0.4, 0.5) is 0 Å². The van der Waals surface area contributed by atoms with Gasteiger partial charge in [0.2, 0.25) is 0 Å². The molecule has 0 aliphatic heterocycles. The summed E-state index contributed by atoms with van der Waals surface area (Å²) in [4.78, 5) is 0. The van der Waals surface area contributed by atoms with Crippen LogP contribution in [0.1, 0.15) is 18.1 Å². The Bertz CT molecular complexity index is 578. The van der Waals surface area contributed by atoms with Crippen LogP contribution in [0.15, 0.2) is 46.9 Å². The molecule has 120 valence electrons. The van der Waals surface area contributed by atoms with Crippen molar-refractivity contribution < 1.29 is 9.47 Å². The minimum Gasteiger partial charge on any atom is -0.493 e. The highest BCUT2D eigenvalue weighted by molar-refractivity contribution is 9.10. The molecule has 0 aromatic heterocycles. The van der Waals surface area contributed by atoms with E-state index in [4.69, 9.17) is 9.47 Å². The normalized spacial score (nSPS) is 9.95. The largest absolute Gasteiger partial charge is 0.493 e. The highest BCUT2D eigenvalue weighted by Crippen LogP contribution is 2.37. The zero-order valence-electron chi connectivity index (χ0n) is 12.8. The van der Waals surface area contributed by atoms with Crippen molar-refractivity contribution in [2.24, 2.45) is 0 Å². The highest BCUT2D eigenvalue weighted by atomic mass is 79.9. The van der Waals surface area contributed by atoms with Crippen LogP contribution in [0, 0.1) is 0 Å². The fraction of sp³-hybridized carbons (Fsp3) is 0.294. The molecule has 0 unspecified atom stereocenters. The standard InChI is InChI=1S/C17H20BrNO2.ClH/c1-3-19-11-14-9-15(18)17(16(10-14)20-2)21-12-13-7-5-4-6-8-13;/h4-10,19H,3,11-12H2,1-2H3;1H. The predicted molar refractivity (Wildman–Crippen MR) is 96.1 cm³/mol. The Morgan fingerprint density at radius 1 is 1.09 bits per heavy atom. The lowest BCUT2D eigenvalue weighted by Gasteiger charge is -2.14. The molecular weight excluding hydrogens is 366 g/mol. The lowest BCUT2D eigenvalue weighted by molar-refractivity contribution is 0.282. The van der Waals surface area contributed by atoms with Gasteiger partial charge in [0, 0.05) is 6.54 Å². The van der Waals surface area contributed by atoms with Crippen LogP contribution in [0.2, 0.25) is 0 Å². The first kappa shape index (κ1) is 18.8. The van der Waals surface area contributed by atoms with E-state index in [-0.39, 0.29) is 12.4 Å². The molecule has 0 saturated carbocycles. The molecule has 0 amide bonds. The summed E-state index contributed by atoms with van der Waals surface area (Å²) in [7, 11) is 1.66. The van der Waals surface area contributed by atoms with Gasteiger partial charge >= 0.3 is 0 Å². The summed E-state index contributed by atoms with van der Waals surface area (Å²) >= 11 is 3.57. The molecular formula is C17H21BrClNO2. The van der Waals surface area contributed by atoms with Crippen molar-refractivity contribution in [1.29, 1.82) is 0 Å². The van der Waals surface area contributed by atoms with Gasteiger partial charge < -0.3 is 14.8 Å². The lowest BCUT2D eigenvalue weighted by Crippen LogP contribution is -2.12. The molecule has 0 spiro atoms. The van der Waals surface area contributed by atoms with Gasteiger partial charge in [0.1, 0.15) is 6.61 Å². The summed E-state index contributed by atoms with van der Waals surface area (Å²) in [5.74, 6) is 1.48. The van der Waals surface area contributed by atoms with Crippen molar-refractivity contribution in [2.45, 2.75) is 20.1 Å². The van der Waals surface area contributed by atoms with Crippen LogP contribution in [-0.4, -0.2) is 13.7 Å². The quantitative estimate of drug-likeness (QED) is 0.756. The average molecular weight is 387 g/mol. The van der Waals surface area contributed by atoms with Crippen molar-refractivity contribution in [1.82, 2.24) is 5.32 Å². The number of hydrogen-bond donors (Lipinski definition) is 1. The van der Waals surface area contributed by atoms with E-state index in [0.29, 0.717) is 6.61 Å². The first-order chi connectivity index (χ1) is 10.2. The monoisotopic (exact) mass is 385 g/mol. The predicted octanol–water partition coefficient (Wildman–Crippen LogP) is 4.57. The van der Waals surface area contributed by atoms with Crippen molar-refractivity contribution in [3.05, 3.63) is 58.1 Å². The molecule has 0 bridgehead atoms. The number of hydrogen-bond acceptors (Lipinski definition) is 3. The number of halogens is 2. The molecule has 0 saturated heterocycles. The fourth-order valence-electron chi connectivity index (χ4n) is 2.01. The number of methoxy groups -OCH3 is 1. The first-order valence-electron chi connectivity index (χ1n) is 6.98. The van der Waals surface area contributed by atoms with E-state index in [0.717, 1.165) is 40.2 Å². The summed E-state index contributed by atoms with van der Waals surface area (Å²) in [5, 5.41) is 3.30. The van der Waals surface area contributed by atoms with Gasteiger partial charge in [0.25, 0.3) is 0 Å². The van der Waals surface area contributed by atoms with Crippen molar-refractivity contribution in [3.63, 3.8) is 0 Å². The maximum absolute atomic E-state index is 5.91. The third-order valence-electron chi connectivity index (χ3n) is 3.09. The van der Waals surface area contributed by atoms with Crippen LogP contribution in [0.25, 0.3) is 0 Å². The Labute approximate surface area is 146 Å². The lowest BCUT2D eigenvalue weighted by atomic mass is 10.2. The van der Waals surface area contributed by atoms with Crippen LogP contribution < -0.4 is 14.8 Å². The second-order valence-electron chi connectivity index (χ2n) is 4.66. The maximum atomic E-state index is 5.91. The Morgan fingerprint density at radius 2 is 1.82 bits per heavy atom. The zero-order chi connectivity index (χ0) is 15.1. The molecule has 2 rings (SSSR count). The minimum atomic E-state index is 0. The molecule has 22 heavy (non-hydrogen) atoms. The molecule has 2 aromatic rings. The van der Waals surface area contributed by atoms with Crippen LogP contribution in [-0.2, 0) is 13.2 Å². The maximum Gasteiger partial charge on any atom is 0.175 e. The van der Waals surface area contributed by atoms with Crippen molar-refractivity contribution >= 4 is 28.3 Å². The zero-order valence-corrected chi connectivity index (χ0v) is 15.2. The molecule has 0 fully saturated rings. The van der Waals surface area contributed by atoms with Crippen LogP contribution in [0.3, 0.4) is 0 Å². The van der Waals surface area contributed by atoms with Gasteiger partial charge in [-0.05, 0) is 45.7 Å². The van der Waals surface area contributed by atoms with E-state index in [1.54, 1.807) is 7.11 Å². The number of nitrogens with one attached hydrogen (secondary N) is 1. The van der Waals surface area contributed by atoms with E-state index in [1.165, 1.54) is 0 Å². The Balaban J connectivity index is 0.00000242. The topological polar surface area (TPSA) is 30.5 Å². The average Bonchev–Trinajstić information content (AvgIpc) is 2.52. The molecule has 3 nitrogen and oxygen atoms in total. The third kappa shape index (κ3) is 5.20. The molecule has 2 aromatic carbocycles. The summed E-state index contributed by atoms with van der Waals surface area (Å²) in [6.45, 7) is 4.35. The van der Waals surface area contributed by atoms with Crippen LogP contribution >= 0.6 is 28.3 Å². The summed E-state index contributed by atoms with van der Waals surface area (Å²) in [6, 6.07) is 14.2. The summed E-state index contributed by atoms with van der Waals surface area (Å²) in [5.41, 5.74) is 2.29. The Hall–Kier alpha value is -1.23. The molecule has 5 heteroatoms. The SMILES string of the molecule is CCNCc1cc(Br)c(OCc2ccccc2)c(OC)c1.Cl. The van der Waals surface area contributed by atoms with E-state index in [1.807, 2.05) is 36.4 Å².